The molecule has 0 amide bonds. The summed E-state index contributed by atoms with van der Waals surface area (Å²) >= 11 is 6.06. The van der Waals surface area contributed by atoms with Crippen LogP contribution in [0.4, 0.5) is 0 Å². The van der Waals surface area contributed by atoms with Crippen molar-refractivity contribution < 1.29 is 4.74 Å². The summed E-state index contributed by atoms with van der Waals surface area (Å²) in [6.45, 7) is 4.74. The summed E-state index contributed by atoms with van der Waals surface area (Å²) in [5.74, 6) is 0. The largest absolute Gasteiger partial charge is 0.375 e. The number of nitrogens with one attached hydrogen (secondary N) is 1. The van der Waals surface area contributed by atoms with Gasteiger partial charge in [-0.15, -0.1) is 0 Å². The van der Waals surface area contributed by atoms with Crippen LogP contribution in [-0.2, 0) is 17.7 Å². The maximum atomic E-state index is 6.06. The van der Waals surface area contributed by atoms with E-state index in [1.165, 1.54) is 0 Å². The van der Waals surface area contributed by atoms with Gasteiger partial charge in [0, 0.05) is 33.2 Å². The van der Waals surface area contributed by atoms with Crippen molar-refractivity contribution in [2.24, 2.45) is 0 Å². The van der Waals surface area contributed by atoms with Crippen LogP contribution in [0.3, 0.4) is 0 Å². The van der Waals surface area contributed by atoms with Crippen molar-refractivity contribution in [1.82, 2.24) is 14.9 Å². The van der Waals surface area contributed by atoms with Crippen LogP contribution in [-0.4, -0.2) is 35.4 Å². The predicted molar refractivity (Wildman–Crippen MR) is 59.2 cm³/mol. The number of hydrogen-bond acceptors (Lipinski definition) is 3. The number of halogens is 1. The van der Waals surface area contributed by atoms with E-state index in [0.717, 1.165) is 31.7 Å². The lowest BCUT2D eigenvalue weighted by Gasteiger charge is -2.41. The molecule has 1 saturated heterocycles. The number of hydrogen-bond donors (Lipinski definition) is 1. The summed E-state index contributed by atoms with van der Waals surface area (Å²) in [4.78, 5) is 4.12. The van der Waals surface area contributed by atoms with Crippen LogP contribution in [0.1, 0.15) is 12.6 Å². The Morgan fingerprint density at radius 3 is 2.87 bits per heavy atom. The number of nitrogens with zero attached hydrogens (tertiary/aromatic N) is 2. The molecule has 5 heteroatoms. The Morgan fingerprint density at radius 1 is 1.67 bits per heavy atom. The zero-order chi connectivity index (χ0) is 10.9. The summed E-state index contributed by atoms with van der Waals surface area (Å²) in [5, 5.41) is 3.82. The third-order valence-corrected chi connectivity index (χ3v) is 3.37. The van der Waals surface area contributed by atoms with Crippen molar-refractivity contribution in [3.05, 3.63) is 17.2 Å². The first-order chi connectivity index (χ1) is 7.21. The Morgan fingerprint density at radius 2 is 2.40 bits per heavy atom. The molecule has 2 rings (SSSR count). The zero-order valence-corrected chi connectivity index (χ0v) is 9.84. The Balaban J connectivity index is 2.18. The molecule has 15 heavy (non-hydrogen) atoms. The van der Waals surface area contributed by atoms with Crippen LogP contribution in [0, 0.1) is 0 Å². The summed E-state index contributed by atoms with van der Waals surface area (Å²) in [6, 6.07) is 0. The molecular formula is C10H16ClN3O. The first kappa shape index (κ1) is 10.9. The van der Waals surface area contributed by atoms with E-state index in [4.69, 9.17) is 16.3 Å². The first-order valence-electron chi connectivity index (χ1n) is 5.16. The Hall–Kier alpha value is -0.580. The number of aryl methyl sites for hydroxylation is 1. The van der Waals surface area contributed by atoms with Crippen molar-refractivity contribution in [3.63, 3.8) is 0 Å². The second kappa shape index (κ2) is 4.12. The highest BCUT2D eigenvalue weighted by Gasteiger charge is 2.38. The average Bonchev–Trinajstić information content (AvgIpc) is 2.53. The molecular weight excluding hydrogens is 214 g/mol. The average molecular weight is 230 g/mol. The maximum Gasteiger partial charge on any atom is 0.150 e. The van der Waals surface area contributed by atoms with E-state index in [1.807, 2.05) is 0 Å². The first-order valence-corrected chi connectivity index (χ1v) is 5.54. The number of aromatic nitrogens is 2. The molecule has 0 aromatic carbocycles. The van der Waals surface area contributed by atoms with Gasteiger partial charge < -0.3 is 14.6 Å². The van der Waals surface area contributed by atoms with Crippen LogP contribution < -0.4 is 5.32 Å². The quantitative estimate of drug-likeness (QED) is 0.840. The minimum absolute atomic E-state index is 0.0867. The highest BCUT2D eigenvalue weighted by molar-refractivity contribution is 6.30. The Bertz CT molecular complexity index is 341. The number of methoxy groups -OCH3 is 1. The van der Waals surface area contributed by atoms with Crippen molar-refractivity contribution in [1.29, 1.82) is 0 Å². The number of ether oxygens (including phenoxy) is 1. The molecule has 0 radical (unpaired) electrons. The highest BCUT2D eigenvalue weighted by Crippen LogP contribution is 2.25. The van der Waals surface area contributed by atoms with E-state index in [2.05, 4.69) is 21.8 Å². The molecule has 1 fully saturated rings. The van der Waals surface area contributed by atoms with Crippen LogP contribution in [0.25, 0.3) is 0 Å². The van der Waals surface area contributed by atoms with Crippen molar-refractivity contribution in [2.45, 2.75) is 25.5 Å². The Labute approximate surface area is 94.6 Å². The van der Waals surface area contributed by atoms with Gasteiger partial charge in [0.1, 0.15) is 5.15 Å². The maximum absolute atomic E-state index is 6.06. The Kier molecular flexibility index (Phi) is 3.00. The summed E-state index contributed by atoms with van der Waals surface area (Å²) in [6.07, 6.45) is 2.61. The SMILES string of the molecule is CCn1cnc(Cl)c1CC1(OC)CNC1. The summed E-state index contributed by atoms with van der Waals surface area (Å²) in [7, 11) is 1.75. The van der Waals surface area contributed by atoms with Gasteiger partial charge in [-0.2, -0.15) is 0 Å². The van der Waals surface area contributed by atoms with Gasteiger partial charge in [0.05, 0.1) is 17.6 Å². The van der Waals surface area contributed by atoms with Gasteiger partial charge in [-0.3, -0.25) is 0 Å². The molecule has 0 unspecified atom stereocenters. The predicted octanol–water partition coefficient (Wildman–Crippen LogP) is 1.09. The zero-order valence-electron chi connectivity index (χ0n) is 9.09. The summed E-state index contributed by atoms with van der Waals surface area (Å²) in [5.41, 5.74) is 0.985. The van der Waals surface area contributed by atoms with Gasteiger partial charge in [-0.05, 0) is 6.92 Å². The molecule has 0 bridgehead atoms. The van der Waals surface area contributed by atoms with E-state index in [9.17, 15) is 0 Å². The van der Waals surface area contributed by atoms with Gasteiger partial charge in [0.2, 0.25) is 0 Å². The fourth-order valence-corrected chi connectivity index (χ4v) is 2.10. The van der Waals surface area contributed by atoms with Gasteiger partial charge in [0.15, 0.2) is 0 Å². The lowest BCUT2D eigenvalue weighted by Crippen LogP contribution is -2.62. The molecule has 1 aromatic heterocycles. The van der Waals surface area contributed by atoms with Crippen molar-refractivity contribution in [3.8, 4) is 0 Å². The number of imidazole rings is 1. The van der Waals surface area contributed by atoms with Gasteiger partial charge >= 0.3 is 0 Å². The second-order valence-corrected chi connectivity index (χ2v) is 4.29. The lowest BCUT2D eigenvalue weighted by molar-refractivity contribution is -0.0513. The molecule has 4 nitrogen and oxygen atoms in total. The molecule has 0 saturated carbocycles. The summed E-state index contributed by atoms with van der Waals surface area (Å²) < 4.78 is 7.61. The molecule has 0 aliphatic carbocycles. The van der Waals surface area contributed by atoms with Crippen molar-refractivity contribution >= 4 is 11.6 Å². The monoisotopic (exact) mass is 229 g/mol. The van der Waals surface area contributed by atoms with Crippen molar-refractivity contribution in [2.75, 3.05) is 20.2 Å². The highest BCUT2D eigenvalue weighted by atomic mass is 35.5. The van der Waals surface area contributed by atoms with Crippen LogP contribution in [0.15, 0.2) is 6.33 Å². The van der Waals surface area contributed by atoms with Gasteiger partial charge in [-0.1, -0.05) is 11.6 Å². The minimum atomic E-state index is -0.0867. The molecule has 1 aliphatic rings. The van der Waals surface area contributed by atoms with Gasteiger partial charge in [0.25, 0.3) is 0 Å². The molecule has 1 aliphatic heterocycles. The normalized spacial score (nSPS) is 18.9. The van der Waals surface area contributed by atoms with E-state index < -0.39 is 0 Å². The van der Waals surface area contributed by atoms with Crippen LogP contribution in [0.2, 0.25) is 5.15 Å². The topological polar surface area (TPSA) is 39.1 Å². The standard InChI is InChI=1S/C10H16ClN3O/c1-3-14-7-13-9(11)8(14)4-10(15-2)5-12-6-10/h7,12H,3-6H2,1-2H3. The molecule has 0 spiro atoms. The molecule has 84 valence electrons. The number of rotatable bonds is 4. The molecule has 1 N–H and O–H groups in total. The molecule has 2 heterocycles. The lowest BCUT2D eigenvalue weighted by atomic mass is 9.91. The molecule has 1 aromatic rings. The van der Waals surface area contributed by atoms with Gasteiger partial charge in [-0.25, -0.2) is 4.98 Å². The minimum Gasteiger partial charge on any atom is -0.375 e. The third kappa shape index (κ3) is 1.89. The third-order valence-electron chi connectivity index (χ3n) is 3.05. The molecule has 0 atom stereocenters. The van der Waals surface area contributed by atoms with Crippen LogP contribution >= 0.6 is 11.6 Å². The fourth-order valence-electron chi connectivity index (χ4n) is 1.88. The smallest absolute Gasteiger partial charge is 0.150 e. The van der Waals surface area contributed by atoms with E-state index >= 15 is 0 Å². The fraction of sp³-hybridized carbons (Fsp3) is 0.700. The van der Waals surface area contributed by atoms with E-state index in [1.54, 1.807) is 13.4 Å². The van der Waals surface area contributed by atoms with E-state index in [0.29, 0.717) is 5.15 Å². The van der Waals surface area contributed by atoms with Crippen LogP contribution in [0.5, 0.6) is 0 Å². The van der Waals surface area contributed by atoms with E-state index in [-0.39, 0.29) is 5.60 Å². The second-order valence-electron chi connectivity index (χ2n) is 3.94.